The first-order valence-corrected chi connectivity index (χ1v) is 7.59. The Hall–Kier alpha value is -1.94. The molecule has 1 N–H and O–H groups in total. The van der Waals surface area contributed by atoms with Crippen LogP contribution in [0.3, 0.4) is 0 Å². The van der Waals surface area contributed by atoms with Gasteiger partial charge in [0.15, 0.2) is 0 Å². The van der Waals surface area contributed by atoms with Crippen LogP contribution in [0.4, 0.5) is 5.82 Å². The van der Waals surface area contributed by atoms with Gasteiger partial charge in [-0.15, -0.1) is 0 Å². The largest absolute Gasteiger partial charge is 0.359 e. The van der Waals surface area contributed by atoms with E-state index in [4.69, 9.17) is 0 Å². The molecule has 0 amide bonds. The van der Waals surface area contributed by atoms with Crippen LogP contribution in [0.25, 0.3) is 0 Å². The summed E-state index contributed by atoms with van der Waals surface area (Å²) >= 11 is 0. The lowest BCUT2D eigenvalue weighted by Gasteiger charge is -2.18. The van der Waals surface area contributed by atoms with Gasteiger partial charge in [-0.1, -0.05) is 6.07 Å². The summed E-state index contributed by atoms with van der Waals surface area (Å²) in [6.07, 6.45) is 9.32. The predicted molar refractivity (Wildman–Crippen MR) is 85.3 cm³/mol. The summed E-state index contributed by atoms with van der Waals surface area (Å²) in [6, 6.07) is 9.14. The van der Waals surface area contributed by atoms with Crippen LogP contribution in [0.15, 0.2) is 42.9 Å². The zero-order chi connectivity index (χ0) is 14.5. The van der Waals surface area contributed by atoms with Crippen LogP contribution in [-0.2, 0) is 13.0 Å². The number of pyridine rings is 2. The van der Waals surface area contributed by atoms with Crippen molar-refractivity contribution in [2.24, 2.45) is 0 Å². The number of nitrogens with one attached hydrogen (secondary N) is 1. The number of nitrogens with zero attached hydrogens (tertiary/aromatic N) is 3. The zero-order valence-corrected chi connectivity index (χ0v) is 12.5. The van der Waals surface area contributed by atoms with E-state index in [1.807, 2.05) is 18.6 Å². The van der Waals surface area contributed by atoms with Crippen LogP contribution in [0.5, 0.6) is 0 Å². The second-order valence-corrected chi connectivity index (χ2v) is 5.71. The van der Waals surface area contributed by atoms with Crippen LogP contribution in [0, 0.1) is 0 Å². The van der Waals surface area contributed by atoms with E-state index < -0.39 is 0 Å². The Morgan fingerprint density at radius 3 is 2.62 bits per heavy atom. The monoisotopic (exact) mass is 282 g/mol. The topological polar surface area (TPSA) is 41.1 Å². The summed E-state index contributed by atoms with van der Waals surface area (Å²) in [7, 11) is 2.09. The summed E-state index contributed by atoms with van der Waals surface area (Å²) in [6.45, 7) is 1.88. The van der Waals surface area contributed by atoms with Crippen molar-refractivity contribution in [3.8, 4) is 0 Å². The highest BCUT2D eigenvalue weighted by Crippen LogP contribution is 2.19. The molecule has 0 saturated heterocycles. The highest BCUT2D eigenvalue weighted by Gasteiger charge is 2.19. The van der Waals surface area contributed by atoms with E-state index in [-0.39, 0.29) is 0 Å². The fourth-order valence-corrected chi connectivity index (χ4v) is 2.26. The van der Waals surface area contributed by atoms with Gasteiger partial charge in [-0.25, -0.2) is 4.98 Å². The molecule has 1 aliphatic carbocycles. The molecule has 1 aliphatic rings. The molecule has 0 aromatic carbocycles. The minimum atomic E-state index is 0.743. The molecule has 0 bridgehead atoms. The first-order chi connectivity index (χ1) is 10.3. The molecule has 0 unspecified atom stereocenters. The fourth-order valence-electron chi connectivity index (χ4n) is 2.26. The number of anilines is 1. The minimum absolute atomic E-state index is 0.743. The van der Waals surface area contributed by atoms with Crippen molar-refractivity contribution in [3.05, 3.63) is 54.0 Å². The smallest absolute Gasteiger partial charge is 0.128 e. The van der Waals surface area contributed by atoms with E-state index in [2.05, 4.69) is 51.5 Å². The first kappa shape index (κ1) is 14.0. The minimum Gasteiger partial charge on any atom is -0.359 e. The van der Waals surface area contributed by atoms with Gasteiger partial charge < -0.3 is 10.2 Å². The first-order valence-electron chi connectivity index (χ1n) is 7.59. The van der Waals surface area contributed by atoms with Gasteiger partial charge in [-0.2, -0.15) is 0 Å². The standard InChI is InChI=1S/C17H22N4/c1-21(11-8-14-6-9-18-10-7-14)17-5-2-15(13-20-17)12-19-16-3-4-16/h2,5-7,9-10,13,16,19H,3-4,8,11-12H2,1H3. The van der Waals surface area contributed by atoms with Crippen LogP contribution in [0.1, 0.15) is 24.0 Å². The molecule has 2 aromatic rings. The van der Waals surface area contributed by atoms with E-state index in [1.54, 1.807) is 0 Å². The van der Waals surface area contributed by atoms with Crippen LogP contribution in [0.2, 0.25) is 0 Å². The maximum absolute atomic E-state index is 4.56. The third-order valence-corrected chi connectivity index (χ3v) is 3.86. The van der Waals surface area contributed by atoms with Crippen molar-refractivity contribution in [2.75, 3.05) is 18.5 Å². The third kappa shape index (κ3) is 4.26. The Morgan fingerprint density at radius 2 is 1.95 bits per heavy atom. The van der Waals surface area contributed by atoms with Gasteiger partial charge in [0.1, 0.15) is 5.82 Å². The normalized spacial score (nSPS) is 14.1. The summed E-state index contributed by atoms with van der Waals surface area (Å²) in [5.41, 5.74) is 2.57. The Labute approximate surface area is 126 Å². The van der Waals surface area contributed by atoms with E-state index in [9.17, 15) is 0 Å². The maximum Gasteiger partial charge on any atom is 0.128 e. The van der Waals surface area contributed by atoms with Crippen LogP contribution >= 0.6 is 0 Å². The average Bonchev–Trinajstić information content (AvgIpc) is 3.36. The number of hydrogen-bond acceptors (Lipinski definition) is 4. The molecule has 4 nitrogen and oxygen atoms in total. The van der Waals surface area contributed by atoms with Crippen molar-refractivity contribution in [2.45, 2.75) is 31.8 Å². The Morgan fingerprint density at radius 1 is 1.14 bits per heavy atom. The van der Waals surface area contributed by atoms with E-state index in [0.29, 0.717) is 0 Å². The average molecular weight is 282 g/mol. The van der Waals surface area contributed by atoms with E-state index in [1.165, 1.54) is 24.0 Å². The highest BCUT2D eigenvalue weighted by molar-refractivity contribution is 5.38. The Balaban J connectivity index is 1.50. The molecule has 110 valence electrons. The van der Waals surface area contributed by atoms with E-state index in [0.717, 1.165) is 31.4 Å². The van der Waals surface area contributed by atoms with Crippen molar-refractivity contribution in [1.29, 1.82) is 0 Å². The van der Waals surface area contributed by atoms with E-state index >= 15 is 0 Å². The van der Waals surface area contributed by atoms with Crippen molar-refractivity contribution >= 4 is 5.82 Å². The second kappa shape index (κ2) is 6.68. The summed E-state index contributed by atoms with van der Waals surface area (Å²) < 4.78 is 0. The van der Waals surface area contributed by atoms with Crippen molar-refractivity contribution < 1.29 is 0 Å². The molecular formula is C17H22N4. The number of rotatable bonds is 7. The van der Waals surface area contributed by atoms with Crippen LogP contribution in [-0.4, -0.2) is 29.6 Å². The highest BCUT2D eigenvalue weighted by atomic mass is 15.2. The molecule has 2 heterocycles. The molecule has 0 spiro atoms. The lowest BCUT2D eigenvalue weighted by Crippen LogP contribution is -2.21. The van der Waals surface area contributed by atoms with Crippen molar-refractivity contribution in [3.63, 3.8) is 0 Å². The van der Waals surface area contributed by atoms with Gasteiger partial charge in [0.25, 0.3) is 0 Å². The number of aromatic nitrogens is 2. The predicted octanol–water partition coefficient (Wildman–Crippen LogP) is 2.41. The molecule has 0 radical (unpaired) electrons. The van der Waals surface area contributed by atoms with Gasteiger partial charge in [0.2, 0.25) is 0 Å². The van der Waals surface area contributed by atoms with Gasteiger partial charge in [-0.05, 0) is 48.6 Å². The maximum atomic E-state index is 4.56. The fraction of sp³-hybridized carbons (Fsp3) is 0.412. The molecule has 3 rings (SSSR count). The molecule has 1 fully saturated rings. The summed E-state index contributed by atoms with van der Waals surface area (Å²) in [5, 5.41) is 3.51. The number of likely N-dealkylation sites (N-methyl/N-ethyl adjacent to an activating group) is 1. The lowest BCUT2D eigenvalue weighted by atomic mass is 10.2. The number of hydrogen-bond donors (Lipinski definition) is 1. The molecule has 1 saturated carbocycles. The molecule has 0 aliphatic heterocycles. The zero-order valence-electron chi connectivity index (χ0n) is 12.5. The molecule has 0 atom stereocenters. The Kier molecular flexibility index (Phi) is 4.46. The van der Waals surface area contributed by atoms with Crippen molar-refractivity contribution in [1.82, 2.24) is 15.3 Å². The molecule has 2 aromatic heterocycles. The van der Waals surface area contributed by atoms with Gasteiger partial charge >= 0.3 is 0 Å². The summed E-state index contributed by atoms with van der Waals surface area (Å²) in [5.74, 6) is 1.03. The third-order valence-electron chi connectivity index (χ3n) is 3.86. The molecule has 21 heavy (non-hydrogen) atoms. The quantitative estimate of drug-likeness (QED) is 0.846. The van der Waals surface area contributed by atoms with Gasteiger partial charge in [0.05, 0.1) is 0 Å². The molecular weight excluding hydrogens is 260 g/mol. The second-order valence-electron chi connectivity index (χ2n) is 5.71. The SMILES string of the molecule is CN(CCc1ccncc1)c1ccc(CNC2CC2)cn1. The van der Waals surface area contributed by atoms with Crippen LogP contribution < -0.4 is 10.2 Å². The summed E-state index contributed by atoms with van der Waals surface area (Å²) in [4.78, 5) is 10.8. The molecule has 4 heteroatoms. The Bertz CT molecular complexity index is 549. The van der Waals surface area contributed by atoms with Gasteiger partial charge in [0, 0.05) is 44.8 Å². The van der Waals surface area contributed by atoms with Gasteiger partial charge in [-0.3, -0.25) is 4.98 Å². The lowest BCUT2D eigenvalue weighted by molar-refractivity contribution is 0.685.